The van der Waals surface area contributed by atoms with Gasteiger partial charge in [0.2, 0.25) is 0 Å². The van der Waals surface area contributed by atoms with Gasteiger partial charge in [0.25, 0.3) is 0 Å². The van der Waals surface area contributed by atoms with E-state index in [0.717, 1.165) is 12.8 Å². The molecule has 3 nitrogen and oxygen atoms in total. The molecule has 0 aromatic rings. The molecule has 1 aliphatic carbocycles. The molecule has 0 aliphatic heterocycles. The van der Waals surface area contributed by atoms with E-state index in [-0.39, 0.29) is 0 Å². The van der Waals surface area contributed by atoms with E-state index in [4.69, 9.17) is 11.2 Å². The smallest absolute Gasteiger partial charge is 0.408 e. The fourth-order valence-corrected chi connectivity index (χ4v) is 2.13. The third-order valence-electron chi connectivity index (χ3n) is 3.18. The Labute approximate surface area is 91.6 Å². The third-order valence-corrected chi connectivity index (χ3v) is 3.18. The van der Waals surface area contributed by atoms with E-state index in [2.05, 4.69) is 11.2 Å². The minimum atomic E-state index is -0.749. The van der Waals surface area contributed by atoms with E-state index in [1.165, 1.54) is 19.3 Å². The van der Waals surface area contributed by atoms with Gasteiger partial charge in [0.1, 0.15) is 0 Å². The largest absolute Gasteiger partial charge is 0.430 e. The molecule has 1 N–H and O–H groups in total. The molecule has 1 amide bonds. The van der Waals surface area contributed by atoms with E-state index in [0.29, 0.717) is 5.92 Å². The minimum Gasteiger partial charge on any atom is -0.430 e. The molecule has 15 heavy (non-hydrogen) atoms. The summed E-state index contributed by atoms with van der Waals surface area (Å²) in [7, 11) is 1.54. The summed E-state index contributed by atoms with van der Waals surface area (Å²) in [4.78, 5) is 11.2. The van der Waals surface area contributed by atoms with Crippen LogP contribution in [0.4, 0.5) is 4.79 Å². The highest BCUT2D eigenvalue weighted by molar-refractivity contribution is 5.67. The number of carbonyl (C=O) groups excluding carboxylic acids is 1. The van der Waals surface area contributed by atoms with Gasteiger partial charge in [-0.3, -0.25) is 0 Å². The van der Waals surface area contributed by atoms with Crippen LogP contribution in [0.2, 0.25) is 0 Å². The second-order valence-electron chi connectivity index (χ2n) is 4.23. The van der Waals surface area contributed by atoms with Gasteiger partial charge in [-0.25, -0.2) is 4.79 Å². The number of amides is 1. The number of rotatable bonds is 2. The maximum absolute atomic E-state index is 11.2. The monoisotopic (exact) mass is 209 g/mol. The highest BCUT2D eigenvalue weighted by Crippen LogP contribution is 2.34. The zero-order valence-electron chi connectivity index (χ0n) is 9.51. The second kappa shape index (κ2) is 5.06. The number of ether oxygens (including phenoxy) is 1. The summed E-state index contributed by atoms with van der Waals surface area (Å²) in [6.45, 7) is 1.83. The number of carbonyl (C=O) groups is 1. The molecule has 0 saturated heterocycles. The van der Waals surface area contributed by atoms with Crippen LogP contribution < -0.4 is 5.32 Å². The highest BCUT2D eigenvalue weighted by Gasteiger charge is 2.36. The van der Waals surface area contributed by atoms with Gasteiger partial charge in [-0.05, 0) is 19.8 Å². The molecule has 0 aromatic carbocycles. The summed E-state index contributed by atoms with van der Waals surface area (Å²) >= 11 is 0. The van der Waals surface area contributed by atoms with Gasteiger partial charge < -0.3 is 10.1 Å². The lowest BCUT2D eigenvalue weighted by molar-refractivity contribution is 0.0119. The zero-order valence-corrected chi connectivity index (χ0v) is 9.51. The number of alkyl carbamates (subject to hydrolysis) is 1. The van der Waals surface area contributed by atoms with Crippen LogP contribution >= 0.6 is 0 Å². The van der Waals surface area contributed by atoms with Crippen LogP contribution in [0.1, 0.15) is 39.0 Å². The normalized spacial score (nSPS) is 21.1. The van der Waals surface area contributed by atoms with Crippen molar-refractivity contribution in [3.63, 3.8) is 0 Å². The topological polar surface area (TPSA) is 38.3 Å². The van der Waals surface area contributed by atoms with Crippen molar-refractivity contribution in [1.29, 1.82) is 0 Å². The predicted octanol–water partition coefficient (Wildman–Crippen LogP) is 2.31. The van der Waals surface area contributed by atoms with Crippen molar-refractivity contribution in [1.82, 2.24) is 5.32 Å². The van der Waals surface area contributed by atoms with Crippen molar-refractivity contribution in [2.75, 3.05) is 7.05 Å². The molecule has 1 atom stereocenters. The first-order valence-electron chi connectivity index (χ1n) is 5.51. The molecule has 1 unspecified atom stereocenters. The van der Waals surface area contributed by atoms with Crippen LogP contribution in [0.15, 0.2) is 0 Å². The number of hydrogen-bond donors (Lipinski definition) is 1. The molecular formula is C12H19NO2. The van der Waals surface area contributed by atoms with Crippen LogP contribution in [0, 0.1) is 18.3 Å². The third kappa shape index (κ3) is 2.89. The summed E-state index contributed by atoms with van der Waals surface area (Å²) in [5.41, 5.74) is -0.749. The summed E-state index contributed by atoms with van der Waals surface area (Å²) in [6.07, 6.45) is 10.8. The first-order valence-corrected chi connectivity index (χ1v) is 5.51. The molecular weight excluding hydrogens is 190 g/mol. The number of hydrogen-bond acceptors (Lipinski definition) is 2. The summed E-state index contributed by atoms with van der Waals surface area (Å²) < 4.78 is 5.29. The Morgan fingerprint density at radius 3 is 2.53 bits per heavy atom. The lowest BCUT2D eigenvalue weighted by Crippen LogP contribution is -2.41. The Hall–Kier alpha value is -1.17. The SMILES string of the molecule is C#CC(C)(OC(=O)NC)C1CCCCC1. The molecule has 0 aromatic heterocycles. The molecule has 1 rings (SSSR count). The first kappa shape index (κ1) is 11.9. The van der Waals surface area contributed by atoms with E-state index >= 15 is 0 Å². The molecule has 0 radical (unpaired) electrons. The van der Waals surface area contributed by atoms with Crippen LogP contribution in [0.25, 0.3) is 0 Å². The Morgan fingerprint density at radius 1 is 1.47 bits per heavy atom. The van der Waals surface area contributed by atoms with Crippen LogP contribution in [0.3, 0.4) is 0 Å². The number of nitrogens with one attached hydrogen (secondary N) is 1. The van der Waals surface area contributed by atoms with Gasteiger partial charge in [0, 0.05) is 13.0 Å². The predicted molar refractivity (Wildman–Crippen MR) is 59.4 cm³/mol. The fourth-order valence-electron chi connectivity index (χ4n) is 2.13. The Balaban J connectivity index is 2.66. The maximum atomic E-state index is 11.2. The quantitative estimate of drug-likeness (QED) is 0.709. The molecule has 1 fully saturated rings. The summed E-state index contributed by atoms with van der Waals surface area (Å²) in [5, 5.41) is 2.44. The Morgan fingerprint density at radius 2 is 2.07 bits per heavy atom. The average molecular weight is 209 g/mol. The van der Waals surface area contributed by atoms with Crippen LogP contribution in [-0.4, -0.2) is 18.7 Å². The highest BCUT2D eigenvalue weighted by atomic mass is 16.6. The molecule has 84 valence electrons. The van der Waals surface area contributed by atoms with Crippen molar-refractivity contribution in [2.45, 2.75) is 44.6 Å². The van der Waals surface area contributed by atoms with Crippen molar-refractivity contribution in [3.8, 4) is 12.3 Å². The molecule has 0 bridgehead atoms. The summed E-state index contributed by atoms with van der Waals surface area (Å²) in [6, 6.07) is 0. The molecule has 3 heteroatoms. The lowest BCUT2D eigenvalue weighted by Gasteiger charge is -2.35. The van der Waals surface area contributed by atoms with Crippen LogP contribution in [0.5, 0.6) is 0 Å². The summed E-state index contributed by atoms with van der Waals surface area (Å²) in [5.74, 6) is 2.93. The maximum Gasteiger partial charge on any atom is 0.408 e. The van der Waals surface area contributed by atoms with E-state index < -0.39 is 11.7 Å². The van der Waals surface area contributed by atoms with Crippen molar-refractivity contribution in [2.24, 2.45) is 5.92 Å². The van der Waals surface area contributed by atoms with Gasteiger partial charge in [-0.15, -0.1) is 6.42 Å². The minimum absolute atomic E-state index is 0.300. The lowest BCUT2D eigenvalue weighted by atomic mass is 9.78. The Bertz CT molecular complexity index is 263. The van der Waals surface area contributed by atoms with Gasteiger partial charge in [0.15, 0.2) is 5.60 Å². The Kier molecular flexibility index (Phi) is 4.02. The van der Waals surface area contributed by atoms with Crippen molar-refractivity contribution >= 4 is 6.09 Å². The van der Waals surface area contributed by atoms with Crippen molar-refractivity contribution in [3.05, 3.63) is 0 Å². The van der Waals surface area contributed by atoms with Gasteiger partial charge in [0.05, 0.1) is 0 Å². The second-order valence-corrected chi connectivity index (χ2v) is 4.23. The molecule has 1 saturated carbocycles. The number of terminal acetylenes is 1. The fraction of sp³-hybridized carbons (Fsp3) is 0.750. The van der Waals surface area contributed by atoms with E-state index in [1.54, 1.807) is 7.05 Å². The zero-order chi connectivity index (χ0) is 11.3. The van der Waals surface area contributed by atoms with Gasteiger partial charge in [-0.2, -0.15) is 0 Å². The van der Waals surface area contributed by atoms with Gasteiger partial charge >= 0.3 is 6.09 Å². The first-order chi connectivity index (χ1) is 7.12. The van der Waals surface area contributed by atoms with E-state index in [1.807, 2.05) is 6.92 Å². The van der Waals surface area contributed by atoms with Crippen LogP contribution in [-0.2, 0) is 4.74 Å². The average Bonchev–Trinajstić information content (AvgIpc) is 2.30. The van der Waals surface area contributed by atoms with Crippen molar-refractivity contribution < 1.29 is 9.53 Å². The molecule has 0 spiro atoms. The van der Waals surface area contributed by atoms with E-state index in [9.17, 15) is 4.79 Å². The molecule has 1 aliphatic rings. The standard InChI is InChI=1S/C12H19NO2/c1-4-12(2,15-11(14)13-3)10-8-6-5-7-9-10/h1,10H,5-9H2,2-3H3,(H,13,14). The van der Waals surface area contributed by atoms with Gasteiger partial charge in [-0.1, -0.05) is 25.2 Å². The molecule has 0 heterocycles.